The van der Waals surface area contributed by atoms with Gasteiger partial charge in [0, 0.05) is 42.7 Å². The average Bonchev–Trinajstić information content (AvgIpc) is 3.66. The van der Waals surface area contributed by atoms with Crippen LogP contribution in [0.25, 0.3) is 11.1 Å². The number of nitrogens with zero attached hydrogens (tertiary/aromatic N) is 3. The summed E-state index contributed by atoms with van der Waals surface area (Å²) in [6, 6.07) is 20.3. The fourth-order valence-electron chi connectivity index (χ4n) is 6.10. The average molecular weight is 713 g/mol. The zero-order chi connectivity index (χ0) is 36.4. The molecule has 10 heteroatoms. The number of unbranched alkanes of at least 4 members (excludes halogenated alkanes) is 1. The van der Waals surface area contributed by atoms with Gasteiger partial charge in [0.2, 0.25) is 0 Å². The van der Waals surface area contributed by atoms with E-state index in [0.29, 0.717) is 35.2 Å². The molecule has 1 saturated heterocycles. The maximum absolute atomic E-state index is 9.27. The summed E-state index contributed by atoms with van der Waals surface area (Å²) < 4.78 is 18.9. The Balaban J connectivity index is 0.00000188. The number of ether oxygens (including phenoxy) is 3. The Labute approximate surface area is 307 Å². The number of hydrogen-bond donors (Lipinski definition) is 2. The quantitative estimate of drug-likeness (QED) is 0.0821. The second-order valence-corrected chi connectivity index (χ2v) is 13.0. The molecule has 0 radical (unpaired) electrons. The first-order valence-electron chi connectivity index (χ1n) is 17.6. The third-order valence-electron chi connectivity index (χ3n) is 8.93. The molecule has 5 rings (SSSR count). The number of nitriles is 1. The summed E-state index contributed by atoms with van der Waals surface area (Å²) in [5, 5.41) is 20.2. The Bertz CT molecular complexity index is 1750. The van der Waals surface area contributed by atoms with Gasteiger partial charge in [-0.05, 0) is 105 Å². The first kappa shape index (κ1) is 39.2. The van der Waals surface area contributed by atoms with Crippen LogP contribution in [0.1, 0.15) is 72.4 Å². The Hall–Kier alpha value is -4.62. The molecule has 4 aromatic rings. The number of carbonyl (C=O) groups is 1. The number of hydrogen-bond acceptors (Lipinski definition) is 8. The highest BCUT2D eigenvalue weighted by Crippen LogP contribution is 2.36. The van der Waals surface area contributed by atoms with Crippen molar-refractivity contribution in [2.45, 2.75) is 72.6 Å². The summed E-state index contributed by atoms with van der Waals surface area (Å²) >= 11 is 6.79. The van der Waals surface area contributed by atoms with Crippen molar-refractivity contribution in [2.75, 3.05) is 32.8 Å². The molecule has 1 aliphatic heterocycles. The van der Waals surface area contributed by atoms with Gasteiger partial charge in [-0.1, -0.05) is 55.3 Å². The van der Waals surface area contributed by atoms with Crippen LogP contribution >= 0.6 is 11.6 Å². The van der Waals surface area contributed by atoms with Crippen molar-refractivity contribution >= 4 is 18.1 Å². The van der Waals surface area contributed by atoms with E-state index in [-0.39, 0.29) is 13.1 Å². The van der Waals surface area contributed by atoms with Gasteiger partial charge >= 0.3 is 0 Å². The Kier molecular flexibility index (Phi) is 16.1. The van der Waals surface area contributed by atoms with E-state index in [2.05, 4.69) is 78.4 Å². The van der Waals surface area contributed by atoms with Crippen LogP contribution in [0.3, 0.4) is 0 Å². The minimum absolute atomic E-state index is 0.250. The molecular formula is C41H49ClN4O5. The van der Waals surface area contributed by atoms with Crippen LogP contribution in [0.2, 0.25) is 5.02 Å². The third-order valence-corrected chi connectivity index (χ3v) is 9.23. The maximum atomic E-state index is 9.27. The number of rotatable bonds is 17. The summed E-state index contributed by atoms with van der Waals surface area (Å²) in [4.78, 5) is 15.1. The normalized spacial score (nSPS) is 12.5. The highest BCUT2D eigenvalue weighted by molar-refractivity contribution is 6.32. The van der Waals surface area contributed by atoms with Crippen molar-refractivity contribution in [3.8, 4) is 34.4 Å². The van der Waals surface area contributed by atoms with Crippen molar-refractivity contribution in [1.82, 2.24) is 15.2 Å². The second kappa shape index (κ2) is 20.9. The SMILES string of the molecule is CCCCNCc1cc(Cl)c(OCc2cccc(-c3cccc(OCCCN4CCCC4)c3C)c2C)cc1OCc1cncc(C#N)c1.O=CO. The first-order valence-corrected chi connectivity index (χ1v) is 18.0. The lowest BCUT2D eigenvalue weighted by molar-refractivity contribution is -0.122. The molecule has 0 amide bonds. The summed E-state index contributed by atoms with van der Waals surface area (Å²) in [6.45, 7) is 12.6. The summed E-state index contributed by atoms with van der Waals surface area (Å²) in [5.41, 5.74) is 7.95. The minimum atomic E-state index is -0.250. The van der Waals surface area contributed by atoms with Crippen LogP contribution < -0.4 is 19.5 Å². The lowest BCUT2D eigenvalue weighted by Gasteiger charge is -2.19. The first-order chi connectivity index (χ1) is 24.9. The molecule has 0 unspecified atom stereocenters. The lowest BCUT2D eigenvalue weighted by Crippen LogP contribution is -2.22. The van der Waals surface area contributed by atoms with Crippen molar-refractivity contribution in [2.24, 2.45) is 0 Å². The zero-order valence-corrected chi connectivity index (χ0v) is 30.7. The topological polar surface area (TPSA) is 117 Å². The molecule has 1 aromatic heterocycles. The predicted molar refractivity (Wildman–Crippen MR) is 202 cm³/mol. The summed E-state index contributed by atoms with van der Waals surface area (Å²) in [6.07, 6.45) is 9.12. The highest BCUT2D eigenvalue weighted by Gasteiger charge is 2.16. The molecule has 51 heavy (non-hydrogen) atoms. The molecule has 1 fully saturated rings. The molecule has 1 aliphatic rings. The van der Waals surface area contributed by atoms with Crippen LogP contribution in [-0.2, 0) is 24.6 Å². The monoisotopic (exact) mass is 712 g/mol. The Morgan fingerprint density at radius 1 is 0.922 bits per heavy atom. The van der Waals surface area contributed by atoms with Crippen molar-refractivity contribution < 1.29 is 24.1 Å². The van der Waals surface area contributed by atoms with E-state index in [4.69, 9.17) is 35.7 Å². The van der Waals surface area contributed by atoms with Gasteiger partial charge in [0.05, 0.1) is 17.2 Å². The van der Waals surface area contributed by atoms with Crippen LogP contribution in [0.5, 0.6) is 17.2 Å². The van der Waals surface area contributed by atoms with Gasteiger partial charge < -0.3 is 29.5 Å². The van der Waals surface area contributed by atoms with Gasteiger partial charge in [-0.2, -0.15) is 5.26 Å². The number of halogens is 1. The van der Waals surface area contributed by atoms with Crippen molar-refractivity contribution in [1.29, 1.82) is 5.26 Å². The van der Waals surface area contributed by atoms with Crippen LogP contribution in [0.4, 0.5) is 0 Å². The molecule has 9 nitrogen and oxygen atoms in total. The van der Waals surface area contributed by atoms with E-state index in [1.54, 1.807) is 18.5 Å². The molecule has 2 heterocycles. The number of carboxylic acid groups (broad SMARTS) is 1. The molecule has 0 bridgehead atoms. The van der Waals surface area contributed by atoms with Crippen molar-refractivity contribution in [3.63, 3.8) is 0 Å². The number of aromatic nitrogens is 1. The van der Waals surface area contributed by atoms with Crippen molar-refractivity contribution in [3.05, 3.63) is 105 Å². The van der Waals surface area contributed by atoms with Gasteiger partial charge in [0.25, 0.3) is 6.47 Å². The molecule has 0 aliphatic carbocycles. The van der Waals surface area contributed by atoms with E-state index in [1.165, 1.54) is 25.9 Å². The number of pyridine rings is 1. The van der Waals surface area contributed by atoms with Crippen LogP contribution in [0, 0.1) is 25.2 Å². The standard InChI is InChI=1S/C40H47ClN4O3.CH2O2/c1-4-5-15-43-26-34-21-37(41)40(22-39(34)47-27-32-20-31(23-42)24-44-25-32)48-28-33-11-8-12-35(29(33)2)36-13-9-14-38(30(36)3)46-19-10-18-45-16-6-7-17-45;2-1-3/h8-9,11-14,20-22,24-25,43H,4-7,10,15-19,26-28H2,1-3H3;1H,(H,2,3). The minimum Gasteiger partial charge on any atom is -0.493 e. The van der Waals surface area contributed by atoms with Gasteiger partial charge in [-0.3, -0.25) is 9.78 Å². The Morgan fingerprint density at radius 2 is 1.65 bits per heavy atom. The molecule has 270 valence electrons. The fraction of sp³-hybridized carbons (Fsp3) is 0.390. The van der Waals surface area contributed by atoms with Gasteiger partial charge in [0.1, 0.15) is 36.5 Å². The van der Waals surface area contributed by atoms with Gasteiger partial charge in [-0.15, -0.1) is 0 Å². The summed E-state index contributed by atoms with van der Waals surface area (Å²) in [5.74, 6) is 2.17. The van der Waals surface area contributed by atoms with Crippen LogP contribution in [0.15, 0.2) is 67.0 Å². The zero-order valence-electron chi connectivity index (χ0n) is 29.9. The molecule has 0 saturated carbocycles. The summed E-state index contributed by atoms with van der Waals surface area (Å²) in [7, 11) is 0. The van der Waals surface area contributed by atoms with Gasteiger partial charge in [-0.25, -0.2) is 0 Å². The predicted octanol–water partition coefficient (Wildman–Crippen LogP) is 8.50. The smallest absolute Gasteiger partial charge is 0.290 e. The Morgan fingerprint density at radius 3 is 2.39 bits per heavy atom. The molecule has 2 N–H and O–H groups in total. The third kappa shape index (κ3) is 11.7. The van der Waals surface area contributed by atoms with E-state index < -0.39 is 0 Å². The largest absolute Gasteiger partial charge is 0.493 e. The fourth-order valence-corrected chi connectivity index (χ4v) is 6.34. The van der Waals surface area contributed by atoms with E-state index >= 15 is 0 Å². The van der Waals surface area contributed by atoms with E-state index in [9.17, 15) is 5.26 Å². The molecular weight excluding hydrogens is 664 g/mol. The van der Waals surface area contributed by atoms with E-state index in [1.807, 2.05) is 12.1 Å². The molecule has 0 atom stereocenters. The molecule has 3 aromatic carbocycles. The number of benzene rings is 3. The maximum Gasteiger partial charge on any atom is 0.290 e. The van der Waals surface area contributed by atoms with Crippen LogP contribution in [-0.4, -0.2) is 54.2 Å². The highest BCUT2D eigenvalue weighted by atomic mass is 35.5. The number of likely N-dealkylation sites (tertiary alicyclic amines) is 1. The number of nitrogens with one attached hydrogen (secondary N) is 1. The lowest BCUT2D eigenvalue weighted by atomic mass is 9.93. The van der Waals surface area contributed by atoms with E-state index in [0.717, 1.165) is 83.7 Å². The van der Waals surface area contributed by atoms with Gasteiger partial charge in [0.15, 0.2) is 0 Å². The molecule has 0 spiro atoms. The second-order valence-electron chi connectivity index (χ2n) is 12.6.